The summed E-state index contributed by atoms with van der Waals surface area (Å²) in [6, 6.07) is 0.510. The fourth-order valence-electron chi connectivity index (χ4n) is 4.31. The number of carbonyl (C=O) groups excluding carboxylic acids is 1. The minimum absolute atomic E-state index is 0.0871. The Morgan fingerprint density at radius 3 is 2.62 bits per heavy atom. The number of rotatable bonds is 2. The first-order valence-corrected chi connectivity index (χ1v) is 8.19. The molecule has 3 rings (SSSR count). The molecule has 3 N–H and O–H groups in total. The van der Waals surface area contributed by atoms with Crippen molar-refractivity contribution in [3.8, 4) is 0 Å². The minimum atomic E-state index is -0.756. The molecule has 1 aliphatic carbocycles. The summed E-state index contributed by atoms with van der Waals surface area (Å²) in [5.41, 5.74) is 5.18. The van der Waals surface area contributed by atoms with Gasteiger partial charge in [0.05, 0.1) is 0 Å². The zero-order valence-electron chi connectivity index (χ0n) is 12.6. The lowest BCUT2D eigenvalue weighted by atomic mass is 9.72. The molecule has 2 heterocycles. The van der Waals surface area contributed by atoms with Crippen LogP contribution in [0, 0.1) is 5.41 Å². The molecule has 6 heteroatoms. The van der Waals surface area contributed by atoms with Crippen LogP contribution in [0.15, 0.2) is 5.16 Å². The van der Waals surface area contributed by atoms with E-state index in [0.717, 1.165) is 45.4 Å². The van der Waals surface area contributed by atoms with Crippen molar-refractivity contribution in [2.24, 2.45) is 16.3 Å². The van der Waals surface area contributed by atoms with Crippen molar-refractivity contribution in [2.45, 2.75) is 51.0 Å². The van der Waals surface area contributed by atoms with Crippen LogP contribution in [0.25, 0.3) is 0 Å². The van der Waals surface area contributed by atoms with Crippen molar-refractivity contribution in [1.82, 2.24) is 9.80 Å². The van der Waals surface area contributed by atoms with Gasteiger partial charge in [0.15, 0.2) is 5.84 Å². The summed E-state index contributed by atoms with van der Waals surface area (Å²) >= 11 is 0. The van der Waals surface area contributed by atoms with E-state index in [9.17, 15) is 4.79 Å². The maximum atomic E-state index is 13.1. The van der Waals surface area contributed by atoms with E-state index in [1.54, 1.807) is 0 Å². The Morgan fingerprint density at radius 1 is 1.14 bits per heavy atom. The van der Waals surface area contributed by atoms with Gasteiger partial charge in [-0.05, 0) is 32.2 Å². The molecule has 3 fully saturated rings. The average molecular weight is 294 g/mol. The Morgan fingerprint density at radius 2 is 1.90 bits per heavy atom. The predicted molar refractivity (Wildman–Crippen MR) is 80.1 cm³/mol. The molecule has 21 heavy (non-hydrogen) atoms. The molecule has 3 aliphatic rings. The Hall–Kier alpha value is -1.30. The van der Waals surface area contributed by atoms with E-state index in [1.807, 2.05) is 4.90 Å². The second-order valence-corrected chi connectivity index (χ2v) is 6.71. The highest BCUT2D eigenvalue weighted by Gasteiger charge is 2.47. The highest BCUT2D eigenvalue weighted by atomic mass is 16.4. The van der Waals surface area contributed by atoms with Crippen molar-refractivity contribution in [3.63, 3.8) is 0 Å². The van der Waals surface area contributed by atoms with Gasteiger partial charge in [0.1, 0.15) is 5.41 Å². The molecule has 1 saturated carbocycles. The molecule has 2 aliphatic heterocycles. The van der Waals surface area contributed by atoms with E-state index in [1.165, 1.54) is 12.8 Å². The standard InChI is InChI=1S/C15H26N4O2/c16-13(17-21)15(6-2-1-3-7-15)14(20)19-10-9-18-8-4-5-12(18)11-19/h12,21H,1-11H2,(H2,16,17). The van der Waals surface area contributed by atoms with E-state index in [-0.39, 0.29) is 11.7 Å². The first-order chi connectivity index (χ1) is 10.2. The van der Waals surface area contributed by atoms with Crippen LogP contribution < -0.4 is 5.73 Å². The van der Waals surface area contributed by atoms with Crippen LogP contribution in [0.2, 0.25) is 0 Å². The minimum Gasteiger partial charge on any atom is -0.409 e. The van der Waals surface area contributed by atoms with Crippen molar-refractivity contribution >= 4 is 11.7 Å². The van der Waals surface area contributed by atoms with Gasteiger partial charge in [0.2, 0.25) is 5.91 Å². The number of oxime groups is 1. The molecule has 1 amide bonds. The van der Waals surface area contributed by atoms with Crippen molar-refractivity contribution < 1.29 is 10.0 Å². The summed E-state index contributed by atoms with van der Waals surface area (Å²) in [7, 11) is 0. The summed E-state index contributed by atoms with van der Waals surface area (Å²) in [6.45, 7) is 3.70. The van der Waals surface area contributed by atoms with Gasteiger partial charge in [-0.1, -0.05) is 24.4 Å². The third kappa shape index (κ3) is 2.50. The molecule has 1 atom stereocenters. The summed E-state index contributed by atoms with van der Waals surface area (Å²) in [5, 5.41) is 12.3. The van der Waals surface area contributed by atoms with E-state index in [0.29, 0.717) is 18.9 Å². The molecule has 0 aromatic carbocycles. The zero-order chi connectivity index (χ0) is 14.9. The summed E-state index contributed by atoms with van der Waals surface area (Å²) in [4.78, 5) is 17.6. The van der Waals surface area contributed by atoms with Gasteiger partial charge in [-0.15, -0.1) is 0 Å². The fraction of sp³-hybridized carbons (Fsp3) is 0.867. The number of nitrogens with zero attached hydrogens (tertiary/aromatic N) is 3. The molecule has 0 spiro atoms. The maximum absolute atomic E-state index is 13.1. The van der Waals surface area contributed by atoms with Crippen LogP contribution in [-0.4, -0.2) is 59.0 Å². The summed E-state index contributed by atoms with van der Waals surface area (Å²) in [6.07, 6.45) is 6.93. The number of nitrogens with two attached hydrogens (primary N) is 1. The largest absolute Gasteiger partial charge is 0.409 e. The normalized spacial score (nSPS) is 30.2. The molecule has 118 valence electrons. The van der Waals surface area contributed by atoms with E-state index in [2.05, 4.69) is 10.1 Å². The van der Waals surface area contributed by atoms with Crippen LogP contribution >= 0.6 is 0 Å². The Balaban J connectivity index is 1.78. The van der Waals surface area contributed by atoms with E-state index < -0.39 is 5.41 Å². The third-order valence-corrected chi connectivity index (χ3v) is 5.59. The Labute approximate surface area is 125 Å². The van der Waals surface area contributed by atoms with Gasteiger partial charge in [-0.2, -0.15) is 0 Å². The maximum Gasteiger partial charge on any atom is 0.236 e. The van der Waals surface area contributed by atoms with Crippen molar-refractivity contribution in [1.29, 1.82) is 0 Å². The second-order valence-electron chi connectivity index (χ2n) is 6.71. The Bertz CT molecular complexity index is 431. The molecular weight excluding hydrogens is 268 g/mol. The third-order valence-electron chi connectivity index (χ3n) is 5.59. The SMILES string of the molecule is NC(=NO)C1(C(=O)N2CCN3CCCC3C2)CCCCC1. The average Bonchev–Trinajstić information content (AvgIpc) is 3.01. The Kier molecular flexibility index (Phi) is 4.06. The summed E-state index contributed by atoms with van der Waals surface area (Å²) in [5.74, 6) is 0.199. The van der Waals surface area contributed by atoms with Gasteiger partial charge in [0.25, 0.3) is 0 Å². The molecule has 6 nitrogen and oxygen atoms in total. The van der Waals surface area contributed by atoms with Crippen LogP contribution in [0.5, 0.6) is 0 Å². The van der Waals surface area contributed by atoms with Gasteiger partial charge in [-0.25, -0.2) is 0 Å². The lowest BCUT2D eigenvalue weighted by Gasteiger charge is -2.43. The molecular formula is C15H26N4O2. The number of amidine groups is 1. The predicted octanol–water partition coefficient (Wildman–Crippen LogP) is 0.990. The molecule has 0 aromatic rings. The fourth-order valence-corrected chi connectivity index (χ4v) is 4.31. The van der Waals surface area contributed by atoms with Crippen molar-refractivity contribution in [2.75, 3.05) is 26.2 Å². The van der Waals surface area contributed by atoms with E-state index >= 15 is 0 Å². The van der Waals surface area contributed by atoms with Gasteiger partial charge < -0.3 is 15.8 Å². The van der Waals surface area contributed by atoms with Crippen LogP contribution in [0.3, 0.4) is 0 Å². The van der Waals surface area contributed by atoms with Crippen LogP contribution in [-0.2, 0) is 4.79 Å². The van der Waals surface area contributed by atoms with E-state index in [4.69, 9.17) is 10.9 Å². The number of fused-ring (bicyclic) bond motifs is 1. The lowest BCUT2D eigenvalue weighted by molar-refractivity contribution is -0.142. The lowest BCUT2D eigenvalue weighted by Crippen LogP contribution is -2.58. The molecule has 0 bridgehead atoms. The topological polar surface area (TPSA) is 82.2 Å². The molecule has 1 unspecified atom stereocenters. The zero-order valence-corrected chi connectivity index (χ0v) is 12.6. The number of hydrogen-bond donors (Lipinski definition) is 2. The second kappa shape index (κ2) is 5.83. The monoisotopic (exact) mass is 294 g/mol. The molecule has 2 saturated heterocycles. The number of carbonyl (C=O) groups is 1. The van der Waals surface area contributed by atoms with Gasteiger partial charge in [-0.3, -0.25) is 9.69 Å². The highest BCUT2D eigenvalue weighted by molar-refractivity contribution is 6.06. The van der Waals surface area contributed by atoms with Gasteiger partial charge >= 0.3 is 0 Å². The number of piperazine rings is 1. The first-order valence-electron chi connectivity index (χ1n) is 8.19. The van der Waals surface area contributed by atoms with Crippen LogP contribution in [0.4, 0.5) is 0 Å². The number of hydrogen-bond acceptors (Lipinski definition) is 4. The van der Waals surface area contributed by atoms with Gasteiger partial charge in [0, 0.05) is 25.7 Å². The highest BCUT2D eigenvalue weighted by Crippen LogP contribution is 2.39. The smallest absolute Gasteiger partial charge is 0.236 e. The first kappa shape index (κ1) is 14.6. The number of amides is 1. The van der Waals surface area contributed by atoms with Crippen LogP contribution in [0.1, 0.15) is 44.9 Å². The van der Waals surface area contributed by atoms with Crippen molar-refractivity contribution in [3.05, 3.63) is 0 Å². The summed E-state index contributed by atoms with van der Waals surface area (Å²) < 4.78 is 0. The molecule has 0 radical (unpaired) electrons. The quantitative estimate of drug-likeness (QED) is 0.344. The molecule has 0 aromatic heterocycles.